The number of halogens is 1. The Morgan fingerprint density at radius 1 is 1.23 bits per heavy atom. The highest BCUT2D eigenvalue weighted by Crippen LogP contribution is 2.28. The van der Waals surface area contributed by atoms with E-state index in [0.717, 1.165) is 16.6 Å². The molecule has 0 atom stereocenters. The van der Waals surface area contributed by atoms with Crippen molar-refractivity contribution in [3.8, 4) is 0 Å². The number of benzene rings is 2. The number of non-ortho nitro benzene ring substituents is 1. The molecule has 2 rings (SSSR count). The molecule has 2 aromatic carbocycles. The molecule has 0 saturated heterocycles. The molecule has 0 aromatic heterocycles. The van der Waals surface area contributed by atoms with Gasteiger partial charge in [-0.15, -0.1) is 0 Å². The second kappa shape index (κ2) is 9.75. The van der Waals surface area contributed by atoms with Crippen molar-refractivity contribution in [1.82, 2.24) is 0 Å². The molecular weight excluding hydrogens is 450 g/mol. The number of carbonyl (C=O) groups excluding carboxylic acids is 2. The first kappa shape index (κ1) is 24.1. The number of hydrogen-bond donors (Lipinski definition) is 1. The molecule has 0 unspecified atom stereocenters. The number of nitrogens with zero attached hydrogens (tertiary/aromatic N) is 2. The molecule has 12 heteroatoms. The lowest BCUT2D eigenvalue weighted by atomic mass is 10.2. The molecule has 0 heterocycles. The van der Waals surface area contributed by atoms with E-state index in [1.165, 1.54) is 30.3 Å². The lowest BCUT2D eigenvalue weighted by Crippen LogP contribution is -2.37. The molecule has 166 valence electrons. The maximum Gasteiger partial charge on any atom is 0.339 e. The van der Waals surface area contributed by atoms with Crippen molar-refractivity contribution in [3.63, 3.8) is 0 Å². The van der Waals surface area contributed by atoms with Crippen LogP contribution < -0.4 is 9.62 Å². The van der Waals surface area contributed by atoms with Crippen LogP contribution in [0.4, 0.5) is 17.1 Å². The van der Waals surface area contributed by atoms with Gasteiger partial charge in [-0.3, -0.25) is 19.2 Å². The van der Waals surface area contributed by atoms with E-state index >= 15 is 0 Å². The van der Waals surface area contributed by atoms with Crippen LogP contribution in [-0.2, 0) is 19.6 Å². The molecule has 0 spiro atoms. The van der Waals surface area contributed by atoms with Gasteiger partial charge in [-0.1, -0.05) is 17.7 Å². The van der Waals surface area contributed by atoms with Crippen molar-refractivity contribution in [3.05, 3.63) is 62.7 Å². The Kier molecular flexibility index (Phi) is 7.58. The third kappa shape index (κ3) is 6.15. The quantitative estimate of drug-likeness (QED) is 0.356. The van der Waals surface area contributed by atoms with Crippen LogP contribution in [0.5, 0.6) is 0 Å². The summed E-state index contributed by atoms with van der Waals surface area (Å²) in [6, 6.07) is 7.85. The predicted octanol–water partition coefficient (Wildman–Crippen LogP) is 3.14. The molecule has 0 aliphatic rings. The summed E-state index contributed by atoms with van der Waals surface area (Å²) < 4.78 is 30.2. The minimum Gasteiger partial charge on any atom is -0.462 e. The summed E-state index contributed by atoms with van der Waals surface area (Å²) in [4.78, 5) is 34.7. The Labute approximate surface area is 184 Å². The number of esters is 1. The van der Waals surface area contributed by atoms with E-state index in [1.807, 2.05) is 0 Å². The molecule has 0 saturated carbocycles. The smallest absolute Gasteiger partial charge is 0.339 e. The zero-order valence-electron chi connectivity index (χ0n) is 16.9. The number of nitro groups is 1. The number of ether oxygens (including phenoxy) is 1. The number of amides is 1. The van der Waals surface area contributed by atoms with Gasteiger partial charge in [-0.25, -0.2) is 13.2 Å². The van der Waals surface area contributed by atoms with Crippen molar-refractivity contribution >= 4 is 50.6 Å². The van der Waals surface area contributed by atoms with Gasteiger partial charge in [0.2, 0.25) is 15.9 Å². The van der Waals surface area contributed by atoms with Crippen LogP contribution in [0, 0.1) is 17.0 Å². The molecular formula is C19H20ClN3O7S. The van der Waals surface area contributed by atoms with Gasteiger partial charge in [0, 0.05) is 17.8 Å². The van der Waals surface area contributed by atoms with Gasteiger partial charge in [-0.05, 0) is 37.6 Å². The average molecular weight is 470 g/mol. The summed E-state index contributed by atoms with van der Waals surface area (Å²) in [6.07, 6.45) is 0.892. The van der Waals surface area contributed by atoms with E-state index in [9.17, 15) is 28.1 Å². The first-order valence-electron chi connectivity index (χ1n) is 8.93. The fourth-order valence-corrected chi connectivity index (χ4v) is 3.82. The van der Waals surface area contributed by atoms with E-state index < -0.39 is 33.4 Å². The molecule has 31 heavy (non-hydrogen) atoms. The van der Waals surface area contributed by atoms with E-state index in [4.69, 9.17) is 16.3 Å². The zero-order valence-corrected chi connectivity index (χ0v) is 18.5. The summed E-state index contributed by atoms with van der Waals surface area (Å²) >= 11 is 6.06. The summed E-state index contributed by atoms with van der Waals surface area (Å²) in [5.41, 5.74) is 0.489. The highest BCUT2D eigenvalue weighted by molar-refractivity contribution is 7.92. The van der Waals surface area contributed by atoms with Crippen molar-refractivity contribution in [1.29, 1.82) is 0 Å². The first-order chi connectivity index (χ1) is 14.4. The van der Waals surface area contributed by atoms with Crippen LogP contribution >= 0.6 is 11.6 Å². The Morgan fingerprint density at radius 3 is 2.45 bits per heavy atom. The highest BCUT2D eigenvalue weighted by atomic mass is 35.5. The van der Waals surface area contributed by atoms with Gasteiger partial charge in [0.25, 0.3) is 5.69 Å². The number of hydrogen-bond acceptors (Lipinski definition) is 7. The lowest BCUT2D eigenvalue weighted by Gasteiger charge is -2.23. The Morgan fingerprint density at radius 2 is 1.90 bits per heavy atom. The molecule has 1 amide bonds. The fraction of sp³-hybridized carbons (Fsp3) is 0.263. The summed E-state index contributed by atoms with van der Waals surface area (Å²) in [7, 11) is -3.94. The van der Waals surface area contributed by atoms with E-state index in [1.54, 1.807) is 13.8 Å². The number of carbonyl (C=O) groups is 2. The number of nitrogens with one attached hydrogen (secondary N) is 1. The van der Waals surface area contributed by atoms with Crippen LogP contribution in [0.25, 0.3) is 0 Å². The molecule has 0 aliphatic heterocycles. The Hall–Kier alpha value is -3.18. The summed E-state index contributed by atoms with van der Waals surface area (Å²) in [5, 5.41) is 13.6. The van der Waals surface area contributed by atoms with Gasteiger partial charge in [0.05, 0.1) is 34.1 Å². The second-order valence-corrected chi connectivity index (χ2v) is 8.77. The minimum absolute atomic E-state index is 0.0162. The summed E-state index contributed by atoms with van der Waals surface area (Å²) in [5.74, 6) is -1.33. The standard InChI is InChI=1S/C19H20ClN3O7S/c1-4-30-19(25)15-8-6-13(9-16(15)20)21-18(24)11-22(31(3,28)29)17-10-14(23(26)27)7-5-12(17)2/h5-10H,4,11H2,1-3H3,(H,21,24). The number of nitro benzene ring substituents is 1. The number of anilines is 2. The molecule has 0 fully saturated rings. The Bertz CT molecular complexity index is 1140. The lowest BCUT2D eigenvalue weighted by molar-refractivity contribution is -0.384. The topological polar surface area (TPSA) is 136 Å². The summed E-state index contributed by atoms with van der Waals surface area (Å²) in [6.45, 7) is 2.77. The monoisotopic (exact) mass is 469 g/mol. The average Bonchev–Trinajstić information content (AvgIpc) is 2.66. The molecule has 0 radical (unpaired) electrons. The number of rotatable bonds is 8. The van der Waals surface area contributed by atoms with Gasteiger partial charge < -0.3 is 10.1 Å². The third-order valence-corrected chi connectivity index (χ3v) is 5.55. The zero-order chi connectivity index (χ0) is 23.3. The predicted molar refractivity (Wildman–Crippen MR) is 116 cm³/mol. The highest BCUT2D eigenvalue weighted by Gasteiger charge is 2.24. The van der Waals surface area contributed by atoms with Gasteiger partial charge in [0.1, 0.15) is 6.54 Å². The van der Waals surface area contributed by atoms with Crippen LogP contribution in [0.3, 0.4) is 0 Å². The third-order valence-electron chi connectivity index (χ3n) is 4.11. The van der Waals surface area contributed by atoms with Crippen LogP contribution in [0.2, 0.25) is 5.02 Å². The fourth-order valence-electron chi connectivity index (χ4n) is 2.66. The van der Waals surface area contributed by atoms with Crippen molar-refractivity contribution < 1.29 is 27.7 Å². The normalized spacial score (nSPS) is 11.0. The van der Waals surface area contributed by atoms with Crippen LogP contribution in [0.15, 0.2) is 36.4 Å². The first-order valence-corrected chi connectivity index (χ1v) is 11.2. The van der Waals surface area contributed by atoms with Gasteiger partial charge in [-0.2, -0.15) is 0 Å². The Balaban J connectivity index is 2.27. The minimum atomic E-state index is -3.94. The molecule has 1 N–H and O–H groups in total. The maximum atomic E-state index is 12.5. The largest absolute Gasteiger partial charge is 0.462 e. The van der Waals surface area contributed by atoms with Crippen molar-refractivity contribution in [2.45, 2.75) is 13.8 Å². The number of aryl methyl sites for hydroxylation is 1. The molecule has 10 nitrogen and oxygen atoms in total. The van der Waals surface area contributed by atoms with Crippen LogP contribution in [-0.4, -0.2) is 44.6 Å². The molecule has 0 aliphatic carbocycles. The van der Waals surface area contributed by atoms with Gasteiger partial charge in [0.15, 0.2) is 0 Å². The van der Waals surface area contributed by atoms with Crippen LogP contribution in [0.1, 0.15) is 22.8 Å². The van der Waals surface area contributed by atoms with E-state index in [-0.39, 0.29) is 34.3 Å². The van der Waals surface area contributed by atoms with Crippen molar-refractivity contribution in [2.75, 3.05) is 29.0 Å². The van der Waals surface area contributed by atoms with E-state index in [0.29, 0.717) is 5.56 Å². The second-order valence-electron chi connectivity index (χ2n) is 6.46. The molecule has 2 aromatic rings. The van der Waals surface area contributed by atoms with E-state index in [2.05, 4.69) is 5.32 Å². The maximum absolute atomic E-state index is 12.5. The SMILES string of the molecule is CCOC(=O)c1ccc(NC(=O)CN(c2cc([N+](=O)[O-])ccc2C)S(C)(=O)=O)cc1Cl. The van der Waals surface area contributed by atoms with Crippen molar-refractivity contribution in [2.24, 2.45) is 0 Å². The number of sulfonamides is 1. The molecule has 0 bridgehead atoms. The van der Waals surface area contributed by atoms with Gasteiger partial charge >= 0.3 is 5.97 Å².